The van der Waals surface area contributed by atoms with Gasteiger partial charge in [0.05, 0.1) is 11.7 Å². The van der Waals surface area contributed by atoms with Gasteiger partial charge in [-0.1, -0.05) is 12.1 Å². The second-order valence-electron chi connectivity index (χ2n) is 5.75. The van der Waals surface area contributed by atoms with E-state index >= 15 is 0 Å². The van der Waals surface area contributed by atoms with E-state index < -0.39 is 5.97 Å². The van der Waals surface area contributed by atoms with E-state index in [4.69, 9.17) is 4.74 Å². The molecule has 0 saturated carbocycles. The van der Waals surface area contributed by atoms with Gasteiger partial charge in [0, 0.05) is 23.9 Å². The number of hydrogen-bond acceptors (Lipinski definition) is 4. The summed E-state index contributed by atoms with van der Waals surface area (Å²) in [5.41, 5.74) is 1.77. The zero-order valence-electron chi connectivity index (χ0n) is 14.3. The zero-order valence-corrected chi connectivity index (χ0v) is 14.3. The van der Waals surface area contributed by atoms with Crippen LogP contribution >= 0.6 is 0 Å². The Morgan fingerprint density at radius 2 is 1.44 bits per heavy atom. The minimum absolute atomic E-state index is 0.214. The first-order valence-corrected chi connectivity index (χ1v) is 7.85. The largest absolute Gasteiger partial charge is 0.459 e. The third-order valence-corrected chi connectivity index (χ3v) is 3.14. The summed E-state index contributed by atoms with van der Waals surface area (Å²) in [4.78, 5) is 35.4. The van der Waals surface area contributed by atoms with E-state index in [0.29, 0.717) is 22.5 Å². The van der Waals surface area contributed by atoms with Crippen LogP contribution in [0.15, 0.2) is 48.5 Å². The zero-order chi connectivity index (χ0) is 18.4. The third-order valence-electron chi connectivity index (χ3n) is 3.14. The van der Waals surface area contributed by atoms with Crippen LogP contribution in [0.5, 0.6) is 0 Å². The molecule has 0 fully saturated rings. The van der Waals surface area contributed by atoms with Crippen molar-refractivity contribution in [2.75, 3.05) is 10.6 Å². The highest BCUT2D eigenvalue weighted by atomic mass is 16.5. The van der Waals surface area contributed by atoms with E-state index in [2.05, 4.69) is 10.6 Å². The monoisotopic (exact) mass is 340 g/mol. The maximum atomic E-state index is 12.4. The molecule has 0 heterocycles. The molecule has 2 N–H and O–H groups in total. The van der Waals surface area contributed by atoms with Gasteiger partial charge in [0.15, 0.2) is 0 Å². The molecule has 2 rings (SSSR count). The first-order valence-electron chi connectivity index (χ1n) is 7.85. The Morgan fingerprint density at radius 3 is 2.04 bits per heavy atom. The molecule has 2 amide bonds. The van der Waals surface area contributed by atoms with Gasteiger partial charge in [0.1, 0.15) is 0 Å². The van der Waals surface area contributed by atoms with Gasteiger partial charge in [-0.3, -0.25) is 9.59 Å². The van der Waals surface area contributed by atoms with Crippen molar-refractivity contribution >= 4 is 29.2 Å². The molecule has 0 saturated heterocycles. The van der Waals surface area contributed by atoms with E-state index in [0.717, 1.165) is 0 Å². The van der Waals surface area contributed by atoms with Crippen LogP contribution in [0.2, 0.25) is 0 Å². The van der Waals surface area contributed by atoms with Crippen LogP contribution in [-0.4, -0.2) is 23.9 Å². The van der Waals surface area contributed by atoms with E-state index in [1.807, 2.05) is 0 Å². The molecule has 0 bridgehead atoms. The van der Waals surface area contributed by atoms with Crippen LogP contribution < -0.4 is 10.6 Å². The SMILES string of the molecule is CC(=O)Nc1cccc(C(=O)Nc2cccc(C(=O)OC(C)C)c2)c1. The Bertz CT molecular complexity index is 800. The van der Waals surface area contributed by atoms with Gasteiger partial charge in [0.25, 0.3) is 5.91 Å². The number of benzene rings is 2. The number of carbonyl (C=O) groups is 3. The van der Waals surface area contributed by atoms with Gasteiger partial charge >= 0.3 is 5.97 Å². The molecule has 0 atom stereocenters. The minimum Gasteiger partial charge on any atom is -0.459 e. The lowest BCUT2D eigenvalue weighted by atomic mass is 10.1. The van der Waals surface area contributed by atoms with E-state index in [1.54, 1.807) is 62.4 Å². The second-order valence-corrected chi connectivity index (χ2v) is 5.75. The number of ether oxygens (including phenoxy) is 1. The molecule has 0 radical (unpaired) electrons. The van der Waals surface area contributed by atoms with Crippen LogP contribution in [0.3, 0.4) is 0 Å². The number of amides is 2. The number of carbonyl (C=O) groups excluding carboxylic acids is 3. The third kappa shape index (κ3) is 5.46. The fraction of sp³-hybridized carbons (Fsp3) is 0.211. The number of hydrogen-bond donors (Lipinski definition) is 2. The Labute approximate surface area is 146 Å². The summed E-state index contributed by atoms with van der Waals surface area (Å²) in [6.45, 7) is 4.94. The van der Waals surface area contributed by atoms with Crippen molar-refractivity contribution in [3.63, 3.8) is 0 Å². The average Bonchev–Trinajstić information content (AvgIpc) is 2.54. The molecule has 0 aliphatic heterocycles. The topological polar surface area (TPSA) is 84.5 Å². The van der Waals surface area contributed by atoms with E-state index in [9.17, 15) is 14.4 Å². The average molecular weight is 340 g/mol. The summed E-state index contributed by atoms with van der Waals surface area (Å²) in [5.74, 6) is -1.01. The lowest BCUT2D eigenvalue weighted by molar-refractivity contribution is -0.114. The number of rotatable bonds is 5. The second kappa shape index (κ2) is 8.10. The van der Waals surface area contributed by atoms with Crippen molar-refractivity contribution in [1.82, 2.24) is 0 Å². The van der Waals surface area contributed by atoms with Crippen molar-refractivity contribution in [3.05, 3.63) is 59.7 Å². The first kappa shape index (κ1) is 18.2. The maximum Gasteiger partial charge on any atom is 0.338 e. The van der Waals surface area contributed by atoms with Crippen molar-refractivity contribution in [3.8, 4) is 0 Å². The highest BCUT2D eigenvalue weighted by Crippen LogP contribution is 2.16. The van der Waals surface area contributed by atoms with Crippen LogP contribution in [0.4, 0.5) is 11.4 Å². The highest BCUT2D eigenvalue weighted by molar-refractivity contribution is 6.05. The van der Waals surface area contributed by atoms with Gasteiger partial charge in [0.2, 0.25) is 5.91 Å². The van der Waals surface area contributed by atoms with Gasteiger partial charge in [-0.2, -0.15) is 0 Å². The summed E-state index contributed by atoms with van der Waals surface area (Å²) in [6, 6.07) is 13.1. The molecule has 0 aromatic heterocycles. The molecular weight excluding hydrogens is 320 g/mol. The fourth-order valence-corrected chi connectivity index (χ4v) is 2.15. The smallest absolute Gasteiger partial charge is 0.338 e. The summed E-state index contributed by atoms with van der Waals surface area (Å²) < 4.78 is 5.14. The van der Waals surface area contributed by atoms with Crippen LogP contribution in [-0.2, 0) is 9.53 Å². The molecule has 0 aliphatic rings. The first-order chi connectivity index (χ1) is 11.8. The fourth-order valence-electron chi connectivity index (χ4n) is 2.15. The standard InChI is InChI=1S/C19H20N2O4/c1-12(2)25-19(24)15-7-5-9-17(11-15)21-18(23)14-6-4-8-16(10-14)20-13(3)22/h4-12H,1-3H3,(H,20,22)(H,21,23). The molecule has 0 unspecified atom stereocenters. The van der Waals surface area contributed by atoms with Crippen molar-refractivity contribution in [1.29, 1.82) is 0 Å². The Hall–Kier alpha value is -3.15. The van der Waals surface area contributed by atoms with Crippen LogP contribution in [0, 0.1) is 0 Å². The van der Waals surface area contributed by atoms with Crippen molar-refractivity contribution in [2.24, 2.45) is 0 Å². The Balaban J connectivity index is 2.13. The summed E-state index contributed by atoms with van der Waals surface area (Å²) in [7, 11) is 0. The summed E-state index contributed by atoms with van der Waals surface area (Å²) >= 11 is 0. The molecule has 2 aromatic carbocycles. The van der Waals surface area contributed by atoms with Gasteiger partial charge in [-0.05, 0) is 50.2 Å². The minimum atomic E-state index is -0.446. The lowest BCUT2D eigenvalue weighted by Crippen LogP contribution is -2.14. The lowest BCUT2D eigenvalue weighted by Gasteiger charge is -2.10. The Kier molecular flexibility index (Phi) is 5.89. The summed E-state index contributed by atoms with van der Waals surface area (Å²) in [6.07, 6.45) is -0.220. The molecule has 6 heteroatoms. The molecule has 0 spiro atoms. The number of esters is 1. The Morgan fingerprint density at radius 1 is 0.880 bits per heavy atom. The predicted molar refractivity (Wildman–Crippen MR) is 95.7 cm³/mol. The quantitative estimate of drug-likeness (QED) is 0.816. The van der Waals surface area contributed by atoms with Gasteiger partial charge < -0.3 is 15.4 Å². The molecule has 130 valence electrons. The van der Waals surface area contributed by atoms with Crippen LogP contribution in [0.25, 0.3) is 0 Å². The molecular formula is C19H20N2O4. The van der Waals surface area contributed by atoms with Crippen molar-refractivity contribution in [2.45, 2.75) is 26.9 Å². The van der Waals surface area contributed by atoms with Crippen molar-refractivity contribution < 1.29 is 19.1 Å². The number of nitrogens with one attached hydrogen (secondary N) is 2. The highest BCUT2D eigenvalue weighted by Gasteiger charge is 2.12. The molecule has 25 heavy (non-hydrogen) atoms. The maximum absolute atomic E-state index is 12.4. The van der Waals surface area contributed by atoms with Crippen LogP contribution in [0.1, 0.15) is 41.5 Å². The predicted octanol–water partition coefficient (Wildman–Crippen LogP) is 3.46. The number of anilines is 2. The van der Waals surface area contributed by atoms with Gasteiger partial charge in [-0.25, -0.2) is 4.79 Å². The van der Waals surface area contributed by atoms with E-state index in [1.165, 1.54) is 6.92 Å². The molecule has 6 nitrogen and oxygen atoms in total. The molecule has 2 aromatic rings. The summed E-state index contributed by atoms with van der Waals surface area (Å²) in [5, 5.41) is 5.35. The van der Waals surface area contributed by atoms with E-state index in [-0.39, 0.29) is 17.9 Å². The normalized spacial score (nSPS) is 10.2. The molecule has 0 aliphatic carbocycles. The van der Waals surface area contributed by atoms with Gasteiger partial charge in [-0.15, -0.1) is 0 Å².